The van der Waals surface area contributed by atoms with Crippen molar-refractivity contribution in [2.24, 2.45) is 0 Å². The van der Waals surface area contributed by atoms with Gasteiger partial charge in [-0.2, -0.15) is 4.98 Å². The molecule has 1 aliphatic carbocycles. The third kappa shape index (κ3) is 4.49. The van der Waals surface area contributed by atoms with Crippen molar-refractivity contribution in [3.63, 3.8) is 0 Å². The van der Waals surface area contributed by atoms with Crippen LogP contribution in [0.1, 0.15) is 62.3 Å². The minimum atomic E-state index is -0.932. The van der Waals surface area contributed by atoms with E-state index in [2.05, 4.69) is 46.9 Å². The molecule has 4 aromatic rings. The Balaban J connectivity index is 1.67. The van der Waals surface area contributed by atoms with Crippen LogP contribution < -0.4 is 10.6 Å². The summed E-state index contributed by atoms with van der Waals surface area (Å²) in [6, 6.07) is 14.1. The van der Waals surface area contributed by atoms with Crippen molar-refractivity contribution in [2.75, 3.05) is 24.5 Å². The molecule has 1 saturated heterocycles. The maximum Gasteiger partial charge on any atom is 0.407 e. The molecule has 2 fully saturated rings. The highest BCUT2D eigenvalue weighted by atomic mass is 16.4. The number of aromatic nitrogens is 4. The fourth-order valence-corrected chi connectivity index (χ4v) is 5.83. The van der Waals surface area contributed by atoms with Crippen LogP contribution in [-0.2, 0) is 0 Å². The van der Waals surface area contributed by atoms with Crippen LogP contribution in [0, 0.1) is 6.92 Å². The van der Waals surface area contributed by atoms with E-state index >= 15 is 0 Å². The predicted octanol–water partition coefficient (Wildman–Crippen LogP) is 5.34. The Bertz CT molecular complexity index is 1660. The van der Waals surface area contributed by atoms with Gasteiger partial charge in [-0.05, 0) is 61.8 Å². The molecular weight excluding hydrogens is 504 g/mol. The van der Waals surface area contributed by atoms with Crippen molar-refractivity contribution < 1.29 is 9.90 Å². The van der Waals surface area contributed by atoms with E-state index in [1.165, 1.54) is 4.90 Å². The van der Waals surface area contributed by atoms with Gasteiger partial charge in [0.15, 0.2) is 5.65 Å². The number of piperazine rings is 1. The molecule has 206 valence electrons. The van der Waals surface area contributed by atoms with Crippen LogP contribution in [0.25, 0.3) is 28.0 Å². The van der Waals surface area contributed by atoms with E-state index in [4.69, 9.17) is 4.98 Å². The quantitative estimate of drug-likeness (QED) is 0.366. The van der Waals surface area contributed by atoms with Gasteiger partial charge >= 0.3 is 11.8 Å². The average molecular weight is 539 g/mol. The van der Waals surface area contributed by atoms with E-state index < -0.39 is 11.8 Å². The van der Waals surface area contributed by atoms with Gasteiger partial charge in [0.25, 0.3) is 0 Å². The summed E-state index contributed by atoms with van der Waals surface area (Å²) in [5.41, 5.74) is 5.65. The zero-order chi connectivity index (χ0) is 28.1. The Labute approximate surface area is 233 Å². The molecule has 3 aromatic heterocycles. The van der Waals surface area contributed by atoms with Crippen LogP contribution in [0.4, 0.5) is 10.6 Å². The Morgan fingerprint density at radius 2 is 1.82 bits per heavy atom. The number of rotatable bonds is 5. The number of benzene rings is 1. The van der Waals surface area contributed by atoms with Crippen molar-refractivity contribution >= 4 is 22.9 Å². The van der Waals surface area contributed by atoms with Crippen molar-refractivity contribution in [2.45, 2.75) is 58.4 Å². The predicted molar refractivity (Wildman–Crippen MR) is 156 cm³/mol. The highest BCUT2D eigenvalue weighted by Crippen LogP contribution is 2.45. The molecule has 1 saturated carbocycles. The molecule has 0 radical (unpaired) electrons. The van der Waals surface area contributed by atoms with E-state index in [0.717, 1.165) is 52.0 Å². The Morgan fingerprint density at radius 3 is 2.48 bits per heavy atom. The zero-order valence-electron chi connectivity index (χ0n) is 23.3. The molecule has 0 bridgehead atoms. The topological polar surface area (TPSA) is 104 Å². The van der Waals surface area contributed by atoms with Crippen LogP contribution in [0.3, 0.4) is 0 Å². The summed E-state index contributed by atoms with van der Waals surface area (Å²) in [6.07, 6.45) is 3.05. The van der Waals surface area contributed by atoms with Gasteiger partial charge in [-0.1, -0.05) is 44.2 Å². The first-order chi connectivity index (χ1) is 19.2. The summed E-state index contributed by atoms with van der Waals surface area (Å²) < 4.78 is 1.64. The number of carbonyl (C=O) groups is 1. The maximum absolute atomic E-state index is 14.0. The van der Waals surface area contributed by atoms with Gasteiger partial charge in [-0.25, -0.2) is 19.1 Å². The van der Waals surface area contributed by atoms with Crippen LogP contribution in [0.15, 0.2) is 53.5 Å². The lowest BCUT2D eigenvalue weighted by atomic mass is 10.00. The molecular formula is C31H34N6O3. The van der Waals surface area contributed by atoms with Crippen molar-refractivity contribution in [1.29, 1.82) is 0 Å². The smallest absolute Gasteiger partial charge is 0.407 e. The van der Waals surface area contributed by atoms with E-state index in [1.807, 2.05) is 38.1 Å². The van der Waals surface area contributed by atoms with Gasteiger partial charge in [0, 0.05) is 37.4 Å². The molecule has 0 spiro atoms. The van der Waals surface area contributed by atoms with Crippen molar-refractivity contribution in [3.05, 3.63) is 76.0 Å². The second kappa shape index (κ2) is 10.0. The van der Waals surface area contributed by atoms with Gasteiger partial charge in [-0.15, -0.1) is 0 Å². The normalized spacial score (nSPS) is 17.6. The molecule has 2 aliphatic rings. The molecule has 4 heterocycles. The number of aryl methyl sites for hydroxylation is 1. The lowest BCUT2D eigenvalue weighted by Crippen LogP contribution is -2.54. The molecule has 6 rings (SSSR count). The van der Waals surface area contributed by atoms with E-state index in [0.29, 0.717) is 37.0 Å². The summed E-state index contributed by atoms with van der Waals surface area (Å²) in [5, 5.41) is 10.4. The number of fused-ring (bicyclic) bond motifs is 1. The molecule has 1 aliphatic heterocycles. The number of amides is 1. The summed E-state index contributed by atoms with van der Waals surface area (Å²) in [6.45, 7) is 9.22. The molecule has 1 aromatic carbocycles. The largest absolute Gasteiger partial charge is 0.465 e. The Hall–Kier alpha value is -4.27. The van der Waals surface area contributed by atoms with E-state index in [9.17, 15) is 14.7 Å². The first-order valence-corrected chi connectivity index (χ1v) is 14.0. The fraction of sp³-hybridized carbons (Fsp3) is 0.387. The standard InChI is InChI=1S/C31H34N6O3/c1-18(2)25-27(19(3)12-13-32-25)37-29-24(16-23(21-10-11-21)26(33-29)22-8-6-5-7-9-22)28(34-30(37)38)36-15-14-35(31(39)40)17-20(36)4/h5-9,12-13,16,18,20-21H,10-11,14-15,17H2,1-4H3,(H,39,40)/t20-/m0/s1. The lowest BCUT2D eigenvalue weighted by molar-refractivity contribution is 0.136. The number of pyridine rings is 2. The first kappa shape index (κ1) is 26.0. The number of carboxylic acid groups (broad SMARTS) is 1. The van der Waals surface area contributed by atoms with Gasteiger partial charge in [0.2, 0.25) is 0 Å². The molecule has 1 atom stereocenters. The second-order valence-corrected chi connectivity index (χ2v) is 11.3. The molecule has 9 nitrogen and oxygen atoms in total. The minimum absolute atomic E-state index is 0.0833. The van der Waals surface area contributed by atoms with E-state index in [-0.39, 0.29) is 12.0 Å². The average Bonchev–Trinajstić information content (AvgIpc) is 3.78. The highest BCUT2D eigenvalue weighted by Gasteiger charge is 2.33. The maximum atomic E-state index is 14.0. The molecule has 1 N–H and O–H groups in total. The first-order valence-electron chi connectivity index (χ1n) is 14.0. The SMILES string of the molecule is Cc1ccnc(C(C)C)c1-n1c(=O)nc(N2CCN(C(=O)O)C[C@@H]2C)c2cc(C3CC3)c(-c3ccccc3)nc21. The second-order valence-electron chi connectivity index (χ2n) is 11.3. The number of anilines is 1. The van der Waals surface area contributed by atoms with Gasteiger partial charge in [0.05, 0.1) is 22.5 Å². The zero-order valence-corrected chi connectivity index (χ0v) is 23.3. The van der Waals surface area contributed by atoms with Crippen molar-refractivity contribution in [1.82, 2.24) is 24.4 Å². The molecule has 9 heteroatoms. The summed E-state index contributed by atoms with van der Waals surface area (Å²) in [7, 11) is 0. The van der Waals surface area contributed by atoms with Crippen molar-refractivity contribution in [3.8, 4) is 16.9 Å². The molecule has 1 amide bonds. The van der Waals surface area contributed by atoms with Crippen LogP contribution in [-0.4, -0.2) is 61.3 Å². The fourth-order valence-electron chi connectivity index (χ4n) is 5.83. The van der Waals surface area contributed by atoms with Gasteiger partial charge < -0.3 is 14.9 Å². The molecule has 40 heavy (non-hydrogen) atoms. The summed E-state index contributed by atoms with van der Waals surface area (Å²) >= 11 is 0. The van der Waals surface area contributed by atoms with Gasteiger partial charge in [0.1, 0.15) is 5.82 Å². The van der Waals surface area contributed by atoms with Gasteiger partial charge in [-0.3, -0.25) is 4.98 Å². The van der Waals surface area contributed by atoms with E-state index in [1.54, 1.807) is 10.8 Å². The molecule has 0 unspecified atom stereocenters. The van der Waals surface area contributed by atoms with Crippen LogP contribution in [0.2, 0.25) is 0 Å². The number of hydrogen-bond donors (Lipinski definition) is 1. The summed E-state index contributed by atoms with van der Waals surface area (Å²) in [4.78, 5) is 43.8. The Morgan fingerprint density at radius 1 is 1.07 bits per heavy atom. The van der Waals surface area contributed by atoms with Crippen LogP contribution >= 0.6 is 0 Å². The number of nitrogens with zero attached hydrogens (tertiary/aromatic N) is 6. The third-order valence-electron chi connectivity index (χ3n) is 8.04. The monoisotopic (exact) mass is 538 g/mol. The van der Waals surface area contributed by atoms with Crippen LogP contribution in [0.5, 0.6) is 0 Å². The Kier molecular flexibility index (Phi) is 6.52. The third-order valence-corrected chi connectivity index (χ3v) is 8.04. The highest BCUT2D eigenvalue weighted by molar-refractivity contribution is 5.92. The minimum Gasteiger partial charge on any atom is -0.465 e. The lowest BCUT2D eigenvalue weighted by Gasteiger charge is -2.39. The number of hydrogen-bond acceptors (Lipinski definition) is 6. The summed E-state index contributed by atoms with van der Waals surface area (Å²) in [5.74, 6) is 1.06.